The molecule has 0 bridgehead atoms. The Morgan fingerprint density at radius 1 is 1.29 bits per heavy atom. The molecule has 184 valence electrons. The fraction of sp³-hybridized carbons (Fsp3) is 0.409. The molecule has 13 heteroatoms. The van der Waals surface area contributed by atoms with Gasteiger partial charge < -0.3 is 25.3 Å². The molecule has 13 nitrogen and oxygen atoms in total. The molecule has 3 heterocycles. The van der Waals surface area contributed by atoms with Gasteiger partial charge in [-0.05, 0) is 33.3 Å². The summed E-state index contributed by atoms with van der Waals surface area (Å²) in [5.74, 6) is 0.526. The second-order valence-electron chi connectivity index (χ2n) is 9.18. The summed E-state index contributed by atoms with van der Waals surface area (Å²) < 4.78 is 5.37. The van der Waals surface area contributed by atoms with Gasteiger partial charge in [0.05, 0.1) is 28.1 Å². The Kier molecular flexibility index (Phi) is 6.49. The Morgan fingerprint density at radius 2 is 2.03 bits per heavy atom. The minimum absolute atomic E-state index is 0.0204. The number of nitrogens with one attached hydrogen (secondary N) is 3. The minimum atomic E-state index is -0.573. The molecule has 35 heavy (non-hydrogen) atoms. The average molecular weight is 483 g/mol. The zero-order valence-electron chi connectivity index (χ0n) is 19.6. The number of amides is 2. The van der Waals surface area contributed by atoms with Crippen molar-refractivity contribution >= 4 is 34.7 Å². The number of aromatic nitrogens is 4. The molecule has 3 N–H and O–H groups in total. The van der Waals surface area contributed by atoms with Crippen LogP contribution >= 0.6 is 0 Å². The Morgan fingerprint density at radius 3 is 2.71 bits per heavy atom. The quantitative estimate of drug-likeness (QED) is 0.353. The van der Waals surface area contributed by atoms with E-state index in [-0.39, 0.29) is 24.2 Å². The standard InChI is InChI=1S/C22H26N8O5/c1-22(2,3)35-21(32)29-7-6-14(12-29)26-19(31)13-9-23-20(24-10-13)25-11-18-27-16-5-4-15(30(33)34)8-17(16)28-18/h4-5,8-10,14H,6-7,11-12H2,1-3H3,(H,26,31)(H,27,28)(H,23,24,25). The third kappa shape index (κ3) is 5.99. The van der Waals surface area contributed by atoms with Crippen LogP contribution in [0.1, 0.15) is 43.4 Å². The first kappa shape index (κ1) is 23.9. The van der Waals surface area contributed by atoms with Crippen LogP contribution in [-0.4, -0.2) is 66.5 Å². The highest BCUT2D eigenvalue weighted by molar-refractivity contribution is 5.94. The first-order valence-corrected chi connectivity index (χ1v) is 11.0. The second kappa shape index (κ2) is 9.52. The Bertz CT molecular complexity index is 1250. The number of rotatable bonds is 6. The second-order valence-corrected chi connectivity index (χ2v) is 9.18. The highest BCUT2D eigenvalue weighted by Gasteiger charge is 2.30. The van der Waals surface area contributed by atoms with Gasteiger partial charge >= 0.3 is 6.09 Å². The molecule has 1 fully saturated rings. The minimum Gasteiger partial charge on any atom is -0.444 e. The summed E-state index contributed by atoms with van der Waals surface area (Å²) in [6, 6.07) is 4.21. The molecule has 0 aliphatic carbocycles. The largest absolute Gasteiger partial charge is 0.444 e. The average Bonchev–Trinajstić information content (AvgIpc) is 3.43. The van der Waals surface area contributed by atoms with Crippen molar-refractivity contribution in [2.24, 2.45) is 0 Å². The number of nitro benzene ring substituents is 1. The topological polar surface area (TPSA) is 168 Å². The number of carbonyl (C=O) groups is 2. The SMILES string of the molecule is CC(C)(C)OC(=O)N1CCC(NC(=O)c2cnc(NCc3nc4ccc([N+](=O)[O-])cc4[nH]3)nc2)C1. The monoisotopic (exact) mass is 482 g/mol. The highest BCUT2D eigenvalue weighted by Crippen LogP contribution is 2.19. The third-order valence-electron chi connectivity index (χ3n) is 5.23. The van der Waals surface area contributed by atoms with E-state index in [0.717, 1.165) is 0 Å². The molecule has 0 saturated carbocycles. The molecule has 1 aromatic carbocycles. The Hall–Kier alpha value is -4.29. The van der Waals surface area contributed by atoms with Crippen molar-refractivity contribution in [2.45, 2.75) is 45.4 Å². The lowest BCUT2D eigenvalue weighted by Crippen LogP contribution is -2.40. The number of hydrogen-bond acceptors (Lipinski definition) is 9. The van der Waals surface area contributed by atoms with E-state index in [4.69, 9.17) is 4.74 Å². The molecule has 0 radical (unpaired) electrons. The van der Waals surface area contributed by atoms with E-state index < -0.39 is 16.6 Å². The molecule has 3 aromatic rings. The van der Waals surface area contributed by atoms with Crippen LogP contribution in [-0.2, 0) is 11.3 Å². The van der Waals surface area contributed by atoms with E-state index in [1.807, 2.05) is 20.8 Å². The summed E-state index contributed by atoms with van der Waals surface area (Å²) in [6.07, 6.45) is 3.06. The predicted molar refractivity (Wildman–Crippen MR) is 126 cm³/mol. The highest BCUT2D eigenvalue weighted by atomic mass is 16.6. The molecule has 2 aromatic heterocycles. The molecule has 4 rings (SSSR count). The number of non-ortho nitro benzene ring substituents is 1. The van der Waals surface area contributed by atoms with Crippen LogP contribution < -0.4 is 10.6 Å². The number of fused-ring (bicyclic) bond motifs is 1. The number of imidazole rings is 1. The molecule has 1 atom stereocenters. The van der Waals surface area contributed by atoms with Crippen LogP contribution in [0, 0.1) is 10.1 Å². The normalized spacial score (nSPS) is 15.7. The molecule has 1 aliphatic rings. The van der Waals surface area contributed by atoms with Gasteiger partial charge in [0, 0.05) is 43.7 Å². The van der Waals surface area contributed by atoms with Crippen molar-refractivity contribution in [2.75, 3.05) is 18.4 Å². The van der Waals surface area contributed by atoms with E-state index in [1.165, 1.54) is 24.5 Å². The Labute approximate surface area is 200 Å². The number of aromatic amines is 1. The van der Waals surface area contributed by atoms with Gasteiger partial charge in [0.2, 0.25) is 5.95 Å². The van der Waals surface area contributed by atoms with Crippen LogP contribution in [0.3, 0.4) is 0 Å². The number of carbonyl (C=O) groups excluding carboxylic acids is 2. The third-order valence-corrected chi connectivity index (χ3v) is 5.23. The first-order valence-electron chi connectivity index (χ1n) is 11.0. The van der Waals surface area contributed by atoms with Crippen molar-refractivity contribution in [3.8, 4) is 0 Å². The van der Waals surface area contributed by atoms with Crippen molar-refractivity contribution in [3.63, 3.8) is 0 Å². The number of benzene rings is 1. The maximum atomic E-state index is 12.6. The molecule has 2 amide bonds. The van der Waals surface area contributed by atoms with E-state index in [1.54, 1.807) is 11.0 Å². The van der Waals surface area contributed by atoms with Crippen molar-refractivity contribution in [1.29, 1.82) is 0 Å². The van der Waals surface area contributed by atoms with Gasteiger partial charge in [-0.2, -0.15) is 0 Å². The van der Waals surface area contributed by atoms with Gasteiger partial charge in [0.15, 0.2) is 0 Å². The zero-order chi connectivity index (χ0) is 25.2. The lowest BCUT2D eigenvalue weighted by atomic mass is 10.2. The van der Waals surface area contributed by atoms with Crippen LogP contribution in [0.15, 0.2) is 30.6 Å². The molecule has 1 saturated heterocycles. The summed E-state index contributed by atoms with van der Waals surface area (Å²) >= 11 is 0. The van der Waals surface area contributed by atoms with Crippen LogP contribution in [0.25, 0.3) is 11.0 Å². The summed E-state index contributed by atoms with van der Waals surface area (Å²) in [5.41, 5.74) is 0.866. The number of likely N-dealkylation sites (tertiary alicyclic amines) is 1. The molecular formula is C22H26N8O5. The van der Waals surface area contributed by atoms with E-state index in [2.05, 4.69) is 30.6 Å². The summed E-state index contributed by atoms with van der Waals surface area (Å²) in [7, 11) is 0. The number of anilines is 1. The van der Waals surface area contributed by atoms with Gasteiger partial charge in [0.25, 0.3) is 11.6 Å². The van der Waals surface area contributed by atoms with Crippen LogP contribution in [0.4, 0.5) is 16.4 Å². The zero-order valence-corrected chi connectivity index (χ0v) is 19.6. The van der Waals surface area contributed by atoms with Crippen LogP contribution in [0.2, 0.25) is 0 Å². The predicted octanol–water partition coefficient (Wildman–Crippen LogP) is 2.61. The number of ether oxygens (including phenoxy) is 1. The number of nitrogens with zero attached hydrogens (tertiary/aromatic N) is 5. The lowest BCUT2D eigenvalue weighted by Gasteiger charge is -2.24. The van der Waals surface area contributed by atoms with Gasteiger partial charge in [-0.15, -0.1) is 0 Å². The molecule has 1 aliphatic heterocycles. The van der Waals surface area contributed by atoms with Gasteiger partial charge in [0.1, 0.15) is 11.4 Å². The van der Waals surface area contributed by atoms with Gasteiger partial charge in [-0.25, -0.2) is 19.7 Å². The first-order chi connectivity index (χ1) is 16.6. The maximum Gasteiger partial charge on any atom is 0.410 e. The van der Waals surface area contributed by atoms with Gasteiger partial charge in [-0.1, -0.05) is 0 Å². The Balaban J connectivity index is 1.29. The van der Waals surface area contributed by atoms with Crippen molar-refractivity contribution in [1.82, 2.24) is 30.2 Å². The number of H-pyrrole nitrogens is 1. The van der Waals surface area contributed by atoms with Crippen molar-refractivity contribution < 1.29 is 19.2 Å². The van der Waals surface area contributed by atoms with Gasteiger partial charge in [-0.3, -0.25) is 14.9 Å². The van der Waals surface area contributed by atoms with E-state index in [0.29, 0.717) is 47.9 Å². The summed E-state index contributed by atoms with van der Waals surface area (Å²) in [6.45, 7) is 6.57. The summed E-state index contributed by atoms with van der Waals surface area (Å²) in [5, 5.41) is 16.8. The maximum absolute atomic E-state index is 12.6. The molecule has 1 unspecified atom stereocenters. The molecule has 0 spiro atoms. The van der Waals surface area contributed by atoms with Crippen LogP contribution in [0.5, 0.6) is 0 Å². The fourth-order valence-corrected chi connectivity index (χ4v) is 3.59. The fourth-order valence-electron chi connectivity index (χ4n) is 3.59. The van der Waals surface area contributed by atoms with E-state index >= 15 is 0 Å². The number of hydrogen-bond donors (Lipinski definition) is 3. The van der Waals surface area contributed by atoms with E-state index in [9.17, 15) is 19.7 Å². The summed E-state index contributed by atoms with van der Waals surface area (Å²) in [4.78, 5) is 52.5. The molecular weight excluding hydrogens is 456 g/mol. The smallest absolute Gasteiger partial charge is 0.410 e. The number of nitro groups is 1. The lowest BCUT2D eigenvalue weighted by molar-refractivity contribution is -0.384. The van der Waals surface area contributed by atoms with Crippen molar-refractivity contribution in [3.05, 3.63) is 52.1 Å².